The number of hydrogen-bond donors (Lipinski definition) is 1. The van der Waals surface area contributed by atoms with Crippen molar-refractivity contribution in [2.75, 3.05) is 5.73 Å². The molecule has 0 aliphatic carbocycles. The molecule has 0 saturated carbocycles. The number of aryl methyl sites for hydroxylation is 1. The monoisotopic (exact) mass is 238 g/mol. The van der Waals surface area contributed by atoms with E-state index in [2.05, 4.69) is 4.98 Å². The SMILES string of the molecule is Cc1coc(SCc2cc(F)ccc2N)n1. The van der Waals surface area contributed by atoms with Crippen molar-refractivity contribution >= 4 is 17.4 Å². The van der Waals surface area contributed by atoms with Gasteiger partial charge in [0.2, 0.25) is 0 Å². The summed E-state index contributed by atoms with van der Waals surface area (Å²) >= 11 is 1.39. The predicted octanol–water partition coefficient (Wildman–Crippen LogP) is 3.00. The van der Waals surface area contributed by atoms with Crippen LogP contribution in [0.4, 0.5) is 10.1 Å². The van der Waals surface area contributed by atoms with E-state index < -0.39 is 0 Å². The highest BCUT2D eigenvalue weighted by molar-refractivity contribution is 7.98. The van der Waals surface area contributed by atoms with Gasteiger partial charge < -0.3 is 10.2 Å². The zero-order chi connectivity index (χ0) is 11.5. The van der Waals surface area contributed by atoms with Crippen LogP contribution in [0.15, 0.2) is 34.1 Å². The Morgan fingerprint density at radius 3 is 3.00 bits per heavy atom. The molecule has 0 amide bonds. The molecule has 84 valence electrons. The summed E-state index contributed by atoms with van der Waals surface area (Å²) in [7, 11) is 0. The van der Waals surface area contributed by atoms with Gasteiger partial charge in [-0.05, 0) is 30.7 Å². The van der Waals surface area contributed by atoms with Crippen LogP contribution in [0.25, 0.3) is 0 Å². The molecular weight excluding hydrogens is 227 g/mol. The molecule has 3 nitrogen and oxygen atoms in total. The molecule has 0 bridgehead atoms. The Hall–Kier alpha value is -1.49. The average molecular weight is 238 g/mol. The molecule has 0 fully saturated rings. The lowest BCUT2D eigenvalue weighted by Crippen LogP contribution is -1.93. The van der Waals surface area contributed by atoms with E-state index in [1.807, 2.05) is 6.92 Å². The van der Waals surface area contributed by atoms with Crippen molar-refractivity contribution in [3.8, 4) is 0 Å². The second-order valence-electron chi connectivity index (χ2n) is 3.39. The third-order valence-corrected chi connectivity index (χ3v) is 2.94. The molecule has 5 heteroatoms. The normalized spacial score (nSPS) is 10.6. The van der Waals surface area contributed by atoms with Crippen molar-refractivity contribution in [1.82, 2.24) is 4.98 Å². The number of benzene rings is 1. The third-order valence-electron chi connectivity index (χ3n) is 2.05. The highest BCUT2D eigenvalue weighted by Crippen LogP contribution is 2.25. The topological polar surface area (TPSA) is 52.0 Å². The maximum absolute atomic E-state index is 13.0. The van der Waals surface area contributed by atoms with Crippen LogP contribution in [-0.4, -0.2) is 4.98 Å². The van der Waals surface area contributed by atoms with E-state index in [9.17, 15) is 4.39 Å². The molecule has 1 aromatic carbocycles. The van der Waals surface area contributed by atoms with Gasteiger partial charge in [0.15, 0.2) is 0 Å². The lowest BCUT2D eigenvalue weighted by molar-refractivity contribution is 0.454. The zero-order valence-electron chi connectivity index (χ0n) is 8.74. The quantitative estimate of drug-likeness (QED) is 0.659. The maximum Gasteiger partial charge on any atom is 0.256 e. The number of nitrogens with zero attached hydrogens (tertiary/aromatic N) is 1. The fourth-order valence-electron chi connectivity index (χ4n) is 1.24. The molecule has 2 rings (SSSR count). The van der Waals surface area contributed by atoms with Crippen LogP contribution in [0.3, 0.4) is 0 Å². The summed E-state index contributed by atoms with van der Waals surface area (Å²) in [6.45, 7) is 1.85. The number of oxazole rings is 1. The van der Waals surface area contributed by atoms with Crippen LogP contribution >= 0.6 is 11.8 Å². The molecule has 1 heterocycles. The van der Waals surface area contributed by atoms with Gasteiger partial charge in [-0.1, -0.05) is 11.8 Å². The van der Waals surface area contributed by atoms with Gasteiger partial charge in [0.25, 0.3) is 5.22 Å². The fourth-order valence-corrected chi connectivity index (χ4v) is 2.09. The molecular formula is C11H11FN2OS. The number of anilines is 1. The van der Waals surface area contributed by atoms with Crippen molar-refractivity contribution in [2.24, 2.45) is 0 Å². The first-order valence-electron chi connectivity index (χ1n) is 4.74. The lowest BCUT2D eigenvalue weighted by atomic mass is 10.2. The van der Waals surface area contributed by atoms with Gasteiger partial charge in [0.05, 0.1) is 5.69 Å². The van der Waals surface area contributed by atoms with E-state index in [1.54, 1.807) is 12.3 Å². The minimum atomic E-state index is -0.284. The van der Waals surface area contributed by atoms with Gasteiger partial charge >= 0.3 is 0 Å². The maximum atomic E-state index is 13.0. The van der Waals surface area contributed by atoms with Crippen LogP contribution in [0, 0.1) is 12.7 Å². The van der Waals surface area contributed by atoms with Crippen molar-refractivity contribution in [3.63, 3.8) is 0 Å². The molecule has 0 aliphatic heterocycles. The summed E-state index contributed by atoms with van der Waals surface area (Å²) in [4.78, 5) is 4.14. The van der Waals surface area contributed by atoms with Crippen molar-refractivity contribution in [2.45, 2.75) is 17.9 Å². The number of aromatic nitrogens is 1. The average Bonchev–Trinajstić information content (AvgIpc) is 2.66. The Morgan fingerprint density at radius 1 is 1.50 bits per heavy atom. The Kier molecular flexibility index (Phi) is 3.14. The van der Waals surface area contributed by atoms with Crippen molar-refractivity contribution in [1.29, 1.82) is 0 Å². The van der Waals surface area contributed by atoms with E-state index >= 15 is 0 Å². The zero-order valence-corrected chi connectivity index (χ0v) is 9.55. The van der Waals surface area contributed by atoms with Gasteiger partial charge in [-0.2, -0.15) is 0 Å². The van der Waals surface area contributed by atoms with Gasteiger partial charge in [0.1, 0.15) is 12.1 Å². The molecule has 0 spiro atoms. The van der Waals surface area contributed by atoms with Crippen LogP contribution in [0.5, 0.6) is 0 Å². The first kappa shape index (κ1) is 11.0. The molecule has 16 heavy (non-hydrogen) atoms. The number of hydrogen-bond acceptors (Lipinski definition) is 4. The van der Waals surface area contributed by atoms with Crippen LogP contribution in [0.1, 0.15) is 11.3 Å². The summed E-state index contributed by atoms with van der Waals surface area (Å²) in [6, 6.07) is 4.34. The standard InChI is InChI=1S/C11H11FN2OS/c1-7-5-15-11(14-7)16-6-8-4-9(12)2-3-10(8)13/h2-5H,6,13H2,1H3. The number of nitrogens with two attached hydrogens (primary N) is 1. The minimum Gasteiger partial charge on any atom is -0.440 e. The predicted molar refractivity (Wildman–Crippen MR) is 61.6 cm³/mol. The Morgan fingerprint density at radius 2 is 2.31 bits per heavy atom. The Balaban J connectivity index is 2.07. The van der Waals surface area contributed by atoms with E-state index in [4.69, 9.17) is 10.2 Å². The van der Waals surface area contributed by atoms with Crippen molar-refractivity contribution < 1.29 is 8.81 Å². The molecule has 1 aromatic heterocycles. The summed E-state index contributed by atoms with van der Waals surface area (Å²) in [5.41, 5.74) is 7.89. The Labute approximate surface area is 96.9 Å². The molecule has 0 atom stereocenters. The van der Waals surface area contributed by atoms with E-state index in [0.29, 0.717) is 16.7 Å². The number of halogens is 1. The summed E-state index contributed by atoms with van der Waals surface area (Å²) in [5, 5.41) is 0.571. The minimum absolute atomic E-state index is 0.284. The van der Waals surface area contributed by atoms with E-state index in [0.717, 1.165) is 11.3 Å². The highest BCUT2D eigenvalue weighted by Gasteiger charge is 2.05. The smallest absolute Gasteiger partial charge is 0.256 e. The van der Waals surface area contributed by atoms with Gasteiger partial charge in [-0.15, -0.1) is 0 Å². The first-order valence-corrected chi connectivity index (χ1v) is 5.72. The summed E-state index contributed by atoms with van der Waals surface area (Å²) < 4.78 is 18.1. The molecule has 2 N–H and O–H groups in total. The molecule has 0 saturated heterocycles. The van der Waals surface area contributed by atoms with Crippen LogP contribution in [-0.2, 0) is 5.75 Å². The van der Waals surface area contributed by atoms with Gasteiger partial charge in [-0.25, -0.2) is 9.37 Å². The summed E-state index contributed by atoms with van der Waals surface area (Å²) in [6.07, 6.45) is 1.58. The fraction of sp³-hybridized carbons (Fsp3) is 0.182. The number of rotatable bonds is 3. The second kappa shape index (κ2) is 4.57. The molecule has 2 aromatic rings. The Bertz CT molecular complexity index is 498. The van der Waals surface area contributed by atoms with Gasteiger partial charge in [-0.3, -0.25) is 0 Å². The van der Waals surface area contributed by atoms with Crippen LogP contribution < -0.4 is 5.73 Å². The first-order chi connectivity index (χ1) is 7.65. The molecule has 0 unspecified atom stereocenters. The summed E-state index contributed by atoms with van der Waals surface area (Å²) in [5.74, 6) is 0.261. The third kappa shape index (κ3) is 2.55. The number of thioether (sulfide) groups is 1. The number of nitrogen functional groups attached to an aromatic ring is 1. The van der Waals surface area contributed by atoms with Gasteiger partial charge in [0, 0.05) is 11.4 Å². The molecule has 0 aliphatic rings. The lowest BCUT2D eigenvalue weighted by Gasteiger charge is -2.03. The molecule has 0 radical (unpaired) electrons. The van der Waals surface area contributed by atoms with E-state index in [-0.39, 0.29) is 5.82 Å². The van der Waals surface area contributed by atoms with E-state index in [1.165, 1.54) is 23.9 Å². The van der Waals surface area contributed by atoms with Crippen molar-refractivity contribution in [3.05, 3.63) is 41.5 Å². The van der Waals surface area contributed by atoms with Crippen LogP contribution in [0.2, 0.25) is 0 Å². The second-order valence-corrected chi connectivity index (χ2v) is 4.31. The highest BCUT2D eigenvalue weighted by atomic mass is 32.2. The largest absolute Gasteiger partial charge is 0.440 e.